The number of carboxylic acid groups (broad SMARTS) is 1. The zero-order valence-corrected chi connectivity index (χ0v) is 12.9. The summed E-state index contributed by atoms with van der Waals surface area (Å²) >= 11 is 0. The summed E-state index contributed by atoms with van der Waals surface area (Å²) in [5, 5.41) is 8.89. The van der Waals surface area contributed by atoms with Gasteiger partial charge in [0.1, 0.15) is 0 Å². The van der Waals surface area contributed by atoms with Crippen molar-refractivity contribution >= 4 is 11.9 Å². The first-order valence-electron chi connectivity index (χ1n) is 8.18. The number of nitrogens with zero attached hydrogens (tertiary/aromatic N) is 1. The molecule has 1 saturated carbocycles. The van der Waals surface area contributed by atoms with Gasteiger partial charge in [0.05, 0.1) is 12.5 Å². The number of aliphatic carboxylic acids is 1. The van der Waals surface area contributed by atoms with Gasteiger partial charge in [-0.3, -0.25) is 9.59 Å². The van der Waals surface area contributed by atoms with E-state index in [1.807, 2.05) is 0 Å². The minimum absolute atomic E-state index is 0.0146. The minimum atomic E-state index is -0.850. The molecule has 1 amide bonds. The molecule has 3 atom stereocenters. The van der Waals surface area contributed by atoms with Crippen LogP contribution in [0, 0.1) is 11.8 Å². The predicted molar refractivity (Wildman–Crippen MR) is 78.9 cm³/mol. The van der Waals surface area contributed by atoms with E-state index < -0.39 is 5.97 Å². The fourth-order valence-electron chi connectivity index (χ4n) is 3.47. The molecule has 2 fully saturated rings. The first-order valence-corrected chi connectivity index (χ1v) is 8.18. The van der Waals surface area contributed by atoms with Crippen molar-refractivity contribution in [1.29, 1.82) is 0 Å². The first kappa shape index (κ1) is 16.3. The Morgan fingerprint density at radius 1 is 1.24 bits per heavy atom. The quantitative estimate of drug-likeness (QED) is 0.817. The maximum Gasteiger partial charge on any atom is 0.305 e. The van der Waals surface area contributed by atoms with Gasteiger partial charge in [-0.15, -0.1) is 0 Å². The smallest absolute Gasteiger partial charge is 0.305 e. The molecule has 5 heteroatoms. The lowest BCUT2D eigenvalue weighted by molar-refractivity contribution is -0.141. The van der Waals surface area contributed by atoms with Crippen LogP contribution in [-0.4, -0.2) is 47.7 Å². The maximum absolute atomic E-state index is 12.7. The Morgan fingerprint density at radius 3 is 2.67 bits per heavy atom. The van der Waals surface area contributed by atoms with E-state index in [1.165, 1.54) is 6.42 Å². The summed E-state index contributed by atoms with van der Waals surface area (Å²) in [6, 6.07) is 0. The van der Waals surface area contributed by atoms with Crippen LogP contribution in [0.15, 0.2) is 0 Å². The lowest BCUT2D eigenvalue weighted by Gasteiger charge is -2.32. The number of carbonyl (C=O) groups excluding carboxylic acids is 1. The van der Waals surface area contributed by atoms with Crippen molar-refractivity contribution in [3.8, 4) is 0 Å². The van der Waals surface area contributed by atoms with Crippen LogP contribution in [-0.2, 0) is 14.3 Å². The zero-order valence-electron chi connectivity index (χ0n) is 12.9. The van der Waals surface area contributed by atoms with Crippen molar-refractivity contribution in [1.82, 2.24) is 4.90 Å². The average Bonchev–Trinajstić information content (AvgIpc) is 2.95. The molecule has 0 aromatic rings. The first-order chi connectivity index (χ1) is 10.1. The molecule has 0 aromatic carbocycles. The molecule has 2 aliphatic rings. The van der Waals surface area contributed by atoms with E-state index in [0.717, 1.165) is 38.7 Å². The predicted octanol–water partition coefficient (Wildman–Crippen LogP) is 2.29. The second kappa shape index (κ2) is 7.78. The summed E-state index contributed by atoms with van der Waals surface area (Å²) in [5.74, 6) is -0.0452. The summed E-state index contributed by atoms with van der Waals surface area (Å²) in [7, 11) is 0. The average molecular weight is 297 g/mol. The number of rotatable bonds is 6. The maximum atomic E-state index is 12.7. The van der Waals surface area contributed by atoms with E-state index in [4.69, 9.17) is 9.84 Å². The van der Waals surface area contributed by atoms with E-state index in [1.54, 1.807) is 4.90 Å². The van der Waals surface area contributed by atoms with Crippen molar-refractivity contribution in [2.24, 2.45) is 11.8 Å². The molecular weight excluding hydrogens is 270 g/mol. The molecule has 1 N–H and O–H groups in total. The van der Waals surface area contributed by atoms with Crippen LogP contribution in [0.5, 0.6) is 0 Å². The summed E-state index contributed by atoms with van der Waals surface area (Å²) in [4.78, 5) is 25.3. The van der Waals surface area contributed by atoms with Crippen molar-refractivity contribution in [3.05, 3.63) is 0 Å². The topological polar surface area (TPSA) is 66.8 Å². The molecule has 120 valence electrons. The molecule has 0 aromatic heterocycles. The van der Waals surface area contributed by atoms with Gasteiger partial charge in [-0.05, 0) is 31.6 Å². The van der Waals surface area contributed by atoms with Gasteiger partial charge in [0.15, 0.2) is 0 Å². The molecule has 1 saturated heterocycles. The van der Waals surface area contributed by atoms with Crippen LogP contribution in [0.2, 0.25) is 0 Å². The van der Waals surface area contributed by atoms with E-state index >= 15 is 0 Å². The van der Waals surface area contributed by atoms with Gasteiger partial charge in [-0.2, -0.15) is 0 Å². The monoisotopic (exact) mass is 297 g/mol. The van der Waals surface area contributed by atoms with Crippen LogP contribution < -0.4 is 0 Å². The molecule has 1 aliphatic heterocycles. The third kappa shape index (κ3) is 4.99. The SMILES string of the molecule is C[C@@H]1CCC[C@@H](C(=O)N(CCC(=O)O)C[C@H]2CCCO2)C1. The Morgan fingerprint density at radius 2 is 2.05 bits per heavy atom. The number of ether oxygens (including phenoxy) is 1. The summed E-state index contributed by atoms with van der Waals surface area (Å²) in [6.45, 7) is 3.81. The van der Waals surface area contributed by atoms with E-state index in [0.29, 0.717) is 19.0 Å². The highest BCUT2D eigenvalue weighted by Crippen LogP contribution is 2.30. The van der Waals surface area contributed by atoms with Gasteiger partial charge >= 0.3 is 5.97 Å². The molecular formula is C16H27NO4. The van der Waals surface area contributed by atoms with Crippen molar-refractivity contribution < 1.29 is 19.4 Å². The van der Waals surface area contributed by atoms with Crippen LogP contribution >= 0.6 is 0 Å². The molecule has 2 rings (SSSR count). The van der Waals surface area contributed by atoms with Crippen LogP contribution in [0.1, 0.15) is 51.9 Å². The van der Waals surface area contributed by atoms with Crippen LogP contribution in [0.25, 0.3) is 0 Å². The fraction of sp³-hybridized carbons (Fsp3) is 0.875. The summed E-state index contributed by atoms with van der Waals surface area (Å²) in [6.07, 6.45) is 6.29. The second-order valence-corrected chi connectivity index (χ2v) is 6.53. The number of amides is 1. The molecule has 0 radical (unpaired) electrons. The number of carbonyl (C=O) groups is 2. The van der Waals surface area contributed by atoms with E-state index in [2.05, 4.69) is 6.92 Å². The lowest BCUT2D eigenvalue weighted by Crippen LogP contribution is -2.43. The highest BCUT2D eigenvalue weighted by molar-refractivity contribution is 5.79. The third-order valence-corrected chi connectivity index (χ3v) is 4.64. The van der Waals surface area contributed by atoms with Gasteiger partial charge in [-0.1, -0.05) is 19.8 Å². The van der Waals surface area contributed by atoms with E-state index in [9.17, 15) is 9.59 Å². The van der Waals surface area contributed by atoms with Gasteiger partial charge in [0.2, 0.25) is 5.91 Å². The van der Waals surface area contributed by atoms with Crippen molar-refractivity contribution in [2.75, 3.05) is 19.7 Å². The molecule has 1 aliphatic carbocycles. The molecule has 0 spiro atoms. The minimum Gasteiger partial charge on any atom is -0.481 e. The van der Waals surface area contributed by atoms with Gasteiger partial charge < -0.3 is 14.7 Å². The Bertz CT molecular complexity index is 365. The normalized spacial score (nSPS) is 29.3. The highest BCUT2D eigenvalue weighted by atomic mass is 16.5. The third-order valence-electron chi connectivity index (χ3n) is 4.64. The molecule has 5 nitrogen and oxygen atoms in total. The van der Waals surface area contributed by atoms with E-state index in [-0.39, 0.29) is 24.3 Å². The Balaban J connectivity index is 1.94. The van der Waals surface area contributed by atoms with Crippen LogP contribution in [0.3, 0.4) is 0 Å². The zero-order chi connectivity index (χ0) is 15.2. The standard InChI is InChI=1S/C16H27NO4/c1-12-4-2-5-13(10-12)16(20)17(8-7-15(18)19)11-14-6-3-9-21-14/h12-14H,2-11H2,1H3,(H,18,19)/t12-,13-,14-/m1/s1. The largest absolute Gasteiger partial charge is 0.481 e. The summed E-state index contributed by atoms with van der Waals surface area (Å²) in [5.41, 5.74) is 0. The lowest BCUT2D eigenvalue weighted by atomic mass is 9.81. The molecule has 0 unspecified atom stereocenters. The number of hydrogen-bond acceptors (Lipinski definition) is 3. The molecule has 21 heavy (non-hydrogen) atoms. The van der Waals surface area contributed by atoms with Gasteiger partial charge in [0, 0.05) is 25.6 Å². The fourth-order valence-corrected chi connectivity index (χ4v) is 3.47. The van der Waals surface area contributed by atoms with Gasteiger partial charge in [-0.25, -0.2) is 0 Å². The number of carboxylic acids is 1. The van der Waals surface area contributed by atoms with Crippen molar-refractivity contribution in [2.45, 2.75) is 58.0 Å². The van der Waals surface area contributed by atoms with Crippen molar-refractivity contribution in [3.63, 3.8) is 0 Å². The Labute approximate surface area is 126 Å². The molecule has 1 heterocycles. The molecule has 0 bridgehead atoms. The van der Waals surface area contributed by atoms with Gasteiger partial charge in [0.25, 0.3) is 0 Å². The Kier molecular flexibility index (Phi) is 6.03. The summed E-state index contributed by atoms with van der Waals surface area (Å²) < 4.78 is 5.61. The highest BCUT2D eigenvalue weighted by Gasteiger charge is 2.30. The second-order valence-electron chi connectivity index (χ2n) is 6.53. The number of hydrogen-bond donors (Lipinski definition) is 1. The van der Waals surface area contributed by atoms with Crippen LogP contribution in [0.4, 0.5) is 0 Å². The Hall–Kier alpha value is -1.10.